The van der Waals surface area contributed by atoms with Crippen molar-refractivity contribution in [2.75, 3.05) is 11.4 Å². The summed E-state index contributed by atoms with van der Waals surface area (Å²) in [7, 11) is 1.89. The molecule has 4 rings (SSSR count). The summed E-state index contributed by atoms with van der Waals surface area (Å²) in [4.78, 5) is 11.3. The molecule has 6 heteroatoms. The Kier molecular flexibility index (Phi) is 3.45. The van der Waals surface area contributed by atoms with E-state index in [9.17, 15) is 0 Å². The Morgan fingerprint density at radius 3 is 2.83 bits per heavy atom. The second-order valence-corrected chi connectivity index (χ2v) is 6.34. The van der Waals surface area contributed by atoms with Crippen LogP contribution >= 0.6 is 11.6 Å². The highest BCUT2D eigenvalue weighted by Gasteiger charge is 2.32. The average molecular weight is 328 g/mol. The van der Waals surface area contributed by atoms with Crippen LogP contribution in [-0.2, 0) is 7.05 Å². The normalized spacial score (nSPS) is 18.0. The zero-order valence-corrected chi connectivity index (χ0v) is 14.0. The molecule has 118 valence electrons. The lowest BCUT2D eigenvalue weighted by Crippen LogP contribution is -2.24. The molecule has 0 bridgehead atoms. The van der Waals surface area contributed by atoms with Crippen molar-refractivity contribution in [3.05, 3.63) is 47.0 Å². The first-order valence-corrected chi connectivity index (χ1v) is 8.20. The maximum absolute atomic E-state index is 6.51. The van der Waals surface area contributed by atoms with E-state index in [1.54, 1.807) is 11.0 Å². The molecule has 2 aromatic heterocycles. The molecular formula is C17H18ClN5. The summed E-state index contributed by atoms with van der Waals surface area (Å²) in [6.45, 7) is 2.99. The molecule has 23 heavy (non-hydrogen) atoms. The van der Waals surface area contributed by atoms with Crippen LogP contribution in [0.2, 0.25) is 5.15 Å². The van der Waals surface area contributed by atoms with Crippen LogP contribution in [0, 0.1) is 6.92 Å². The third-order valence-electron chi connectivity index (χ3n) is 4.58. The van der Waals surface area contributed by atoms with Gasteiger partial charge in [0.1, 0.15) is 17.3 Å². The van der Waals surface area contributed by atoms with Gasteiger partial charge in [0, 0.05) is 24.5 Å². The van der Waals surface area contributed by atoms with E-state index in [-0.39, 0.29) is 6.04 Å². The molecule has 0 aliphatic carbocycles. The van der Waals surface area contributed by atoms with Crippen LogP contribution in [-0.4, -0.2) is 26.3 Å². The monoisotopic (exact) mass is 327 g/mol. The van der Waals surface area contributed by atoms with E-state index in [2.05, 4.69) is 26.0 Å². The standard InChI is InChI=1S/C17H18ClN5/c1-11-15(16(18)22(2)21-11)14-8-5-9-23(14)17-12-6-3-4-7-13(12)19-10-20-17/h3-4,6-7,10,14H,5,8-9H2,1-2H3. The van der Waals surface area contributed by atoms with Crippen LogP contribution in [0.4, 0.5) is 5.82 Å². The molecule has 5 nitrogen and oxygen atoms in total. The summed E-state index contributed by atoms with van der Waals surface area (Å²) in [5, 5.41) is 6.27. The SMILES string of the molecule is Cc1nn(C)c(Cl)c1C1CCCN1c1ncnc2ccccc12. The lowest BCUT2D eigenvalue weighted by Gasteiger charge is -2.26. The molecule has 0 N–H and O–H groups in total. The van der Waals surface area contributed by atoms with Gasteiger partial charge in [-0.3, -0.25) is 4.68 Å². The first kappa shape index (κ1) is 14.5. The zero-order valence-electron chi connectivity index (χ0n) is 13.2. The second-order valence-electron chi connectivity index (χ2n) is 5.98. The number of aromatic nitrogens is 4. The Hall–Kier alpha value is -2.14. The Morgan fingerprint density at radius 2 is 2.04 bits per heavy atom. The molecule has 0 amide bonds. The summed E-state index contributed by atoms with van der Waals surface area (Å²) in [5.74, 6) is 0.984. The highest BCUT2D eigenvalue weighted by molar-refractivity contribution is 6.30. The molecule has 0 radical (unpaired) electrons. The minimum Gasteiger partial charge on any atom is -0.349 e. The second kappa shape index (κ2) is 5.49. The number of para-hydroxylation sites is 1. The Bertz CT molecular complexity index is 867. The molecule has 1 aromatic carbocycles. The average Bonchev–Trinajstić information content (AvgIpc) is 3.12. The number of fused-ring (bicyclic) bond motifs is 1. The van der Waals surface area contributed by atoms with Gasteiger partial charge < -0.3 is 4.90 Å². The fraction of sp³-hybridized carbons (Fsp3) is 0.353. The molecule has 3 heterocycles. The third kappa shape index (κ3) is 2.27. The number of nitrogens with zero attached hydrogens (tertiary/aromatic N) is 5. The van der Waals surface area contributed by atoms with Crippen molar-refractivity contribution in [2.45, 2.75) is 25.8 Å². The summed E-state index contributed by atoms with van der Waals surface area (Å²) >= 11 is 6.51. The van der Waals surface area contributed by atoms with Crippen molar-refractivity contribution < 1.29 is 0 Å². The molecular weight excluding hydrogens is 310 g/mol. The van der Waals surface area contributed by atoms with Crippen molar-refractivity contribution in [3.8, 4) is 0 Å². The van der Waals surface area contributed by atoms with Gasteiger partial charge in [0.25, 0.3) is 0 Å². The summed E-state index contributed by atoms with van der Waals surface area (Å²) in [6.07, 6.45) is 3.82. The topological polar surface area (TPSA) is 46.8 Å². The Balaban J connectivity index is 1.84. The van der Waals surface area contributed by atoms with Gasteiger partial charge in [-0.05, 0) is 31.9 Å². The number of hydrogen-bond donors (Lipinski definition) is 0. The van der Waals surface area contributed by atoms with E-state index in [1.807, 2.05) is 32.2 Å². The summed E-state index contributed by atoms with van der Waals surface area (Å²) in [5.41, 5.74) is 3.08. The maximum atomic E-state index is 6.51. The Labute approximate surface area is 139 Å². The largest absolute Gasteiger partial charge is 0.349 e. The van der Waals surface area contributed by atoms with E-state index in [0.717, 1.165) is 52.5 Å². The molecule has 3 aromatic rings. The molecule has 1 unspecified atom stereocenters. The van der Waals surface area contributed by atoms with Crippen molar-refractivity contribution >= 4 is 28.3 Å². The van der Waals surface area contributed by atoms with Gasteiger partial charge in [0.2, 0.25) is 0 Å². The van der Waals surface area contributed by atoms with Crippen LogP contribution in [0.1, 0.15) is 30.1 Å². The zero-order chi connectivity index (χ0) is 16.0. The lowest BCUT2D eigenvalue weighted by molar-refractivity contribution is 0.707. The minimum atomic E-state index is 0.217. The van der Waals surface area contributed by atoms with Gasteiger partial charge in [-0.2, -0.15) is 5.10 Å². The molecule has 1 atom stereocenters. The highest BCUT2D eigenvalue weighted by Crippen LogP contribution is 2.41. The summed E-state index contributed by atoms with van der Waals surface area (Å²) in [6, 6.07) is 8.35. The molecule has 0 saturated carbocycles. The number of hydrogen-bond acceptors (Lipinski definition) is 4. The van der Waals surface area contributed by atoms with Gasteiger partial charge in [-0.1, -0.05) is 23.7 Å². The minimum absolute atomic E-state index is 0.217. The number of halogens is 1. The fourth-order valence-electron chi connectivity index (χ4n) is 3.56. The van der Waals surface area contributed by atoms with E-state index < -0.39 is 0 Å². The van der Waals surface area contributed by atoms with E-state index in [4.69, 9.17) is 11.6 Å². The van der Waals surface area contributed by atoms with E-state index >= 15 is 0 Å². The van der Waals surface area contributed by atoms with Gasteiger partial charge in [0.15, 0.2) is 0 Å². The van der Waals surface area contributed by atoms with Crippen molar-refractivity contribution in [2.24, 2.45) is 7.05 Å². The third-order valence-corrected chi connectivity index (χ3v) is 5.02. The molecule has 1 aliphatic rings. The van der Waals surface area contributed by atoms with Crippen molar-refractivity contribution in [1.29, 1.82) is 0 Å². The first-order chi connectivity index (χ1) is 11.2. The van der Waals surface area contributed by atoms with Crippen LogP contribution in [0.3, 0.4) is 0 Å². The lowest BCUT2D eigenvalue weighted by atomic mass is 10.1. The van der Waals surface area contributed by atoms with Crippen LogP contribution in [0.15, 0.2) is 30.6 Å². The predicted molar refractivity (Wildman–Crippen MR) is 91.8 cm³/mol. The highest BCUT2D eigenvalue weighted by atomic mass is 35.5. The summed E-state index contributed by atoms with van der Waals surface area (Å²) < 4.78 is 1.75. The number of rotatable bonds is 2. The predicted octanol–water partition coefficient (Wildman–Crippen LogP) is 3.67. The van der Waals surface area contributed by atoms with Crippen LogP contribution in [0.25, 0.3) is 10.9 Å². The van der Waals surface area contributed by atoms with Gasteiger partial charge in [0.05, 0.1) is 17.3 Å². The van der Waals surface area contributed by atoms with Gasteiger partial charge >= 0.3 is 0 Å². The fourth-order valence-corrected chi connectivity index (χ4v) is 3.87. The van der Waals surface area contributed by atoms with E-state index in [1.165, 1.54) is 0 Å². The maximum Gasteiger partial charge on any atom is 0.140 e. The molecule has 1 fully saturated rings. The van der Waals surface area contributed by atoms with Crippen LogP contribution < -0.4 is 4.90 Å². The molecule has 1 saturated heterocycles. The van der Waals surface area contributed by atoms with Crippen molar-refractivity contribution in [1.82, 2.24) is 19.7 Å². The molecule has 0 spiro atoms. The number of anilines is 1. The number of aryl methyl sites for hydroxylation is 2. The van der Waals surface area contributed by atoms with E-state index in [0.29, 0.717) is 0 Å². The van der Waals surface area contributed by atoms with Gasteiger partial charge in [-0.15, -0.1) is 0 Å². The first-order valence-electron chi connectivity index (χ1n) is 7.82. The van der Waals surface area contributed by atoms with Crippen LogP contribution in [0.5, 0.6) is 0 Å². The number of benzene rings is 1. The quantitative estimate of drug-likeness (QED) is 0.720. The van der Waals surface area contributed by atoms with Crippen molar-refractivity contribution in [3.63, 3.8) is 0 Å². The molecule has 1 aliphatic heterocycles. The Morgan fingerprint density at radius 1 is 1.22 bits per heavy atom. The smallest absolute Gasteiger partial charge is 0.140 e. The van der Waals surface area contributed by atoms with Gasteiger partial charge in [-0.25, -0.2) is 9.97 Å².